The second kappa shape index (κ2) is 5.47. The maximum absolute atomic E-state index is 12.7. The number of nitrogens with one attached hydrogen (secondary N) is 2. The van der Waals surface area contributed by atoms with E-state index < -0.39 is 12.0 Å². The van der Waals surface area contributed by atoms with Crippen LogP contribution < -0.4 is 5.32 Å². The van der Waals surface area contributed by atoms with Crippen molar-refractivity contribution in [1.82, 2.24) is 19.9 Å². The van der Waals surface area contributed by atoms with Crippen molar-refractivity contribution >= 4 is 17.6 Å². The topological polar surface area (TPSA) is 66.5 Å². The van der Waals surface area contributed by atoms with E-state index in [0.717, 1.165) is 11.8 Å². The van der Waals surface area contributed by atoms with Crippen molar-refractivity contribution in [2.75, 3.05) is 11.9 Å². The number of anilines is 1. The Morgan fingerprint density at radius 1 is 1.37 bits per heavy atom. The Morgan fingerprint density at radius 3 is 2.74 bits per heavy atom. The third-order valence-electron chi connectivity index (χ3n) is 1.99. The van der Waals surface area contributed by atoms with Gasteiger partial charge in [-0.25, -0.2) is 15.0 Å². The Hall–Kier alpha value is -1.77. The SMILES string of the molecule is CCNc1cc(Sc2ncc[nH]2)nc(C(F)(F)F)n1. The number of aromatic amines is 1. The number of imidazole rings is 1. The monoisotopic (exact) mass is 289 g/mol. The molecule has 0 aromatic carbocycles. The van der Waals surface area contributed by atoms with E-state index >= 15 is 0 Å². The zero-order chi connectivity index (χ0) is 13.9. The summed E-state index contributed by atoms with van der Waals surface area (Å²) in [6.07, 6.45) is -1.48. The molecule has 0 atom stereocenters. The number of nitrogens with zero attached hydrogens (tertiary/aromatic N) is 3. The van der Waals surface area contributed by atoms with E-state index in [4.69, 9.17) is 0 Å². The van der Waals surface area contributed by atoms with Crippen LogP contribution in [0, 0.1) is 0 Å². The summed E-state index contributed by atoms with van der Waals surface area (Å²) in [5, 5.41) is 3.39. The van der Waals surface area contributed by atoms with E-state index in [-0.39, 0.29) is 10.8 Å². The van der Waals surface area contributed by atoms with Gasteiger partial charge in [-0.3, -0.25) is 0 Å². The normalized spacial score (nSPS) is 11.6. The van der Waals surface area contributed by atoms with Crippen molar-refractivity contribution in [2.24, 2.45) is 0 Å². The number of alkyl halides is 3. The van der Waals surface area contributed by atoms with Gasteiger partial charge in [-0.1, -0.05) is 0 Å². The zero-order valence-electron chi connectivity index (χ0n) is 9.82. The third-order valence-corrected chi connectivity index (χ3v) is 2.82. The molecule has 0 fully saturated rings. The van der Waals surface area contributed by atoms with Crippen LogP contribution in [0.3, 0.4) is 0 Å². The molecule has 0 spiro atoms. The summed E-state index contributed by atoms with van der Waals surface area (Å²) in [6, 6.07) is 1.45. The number of rotatable bonds is 4. The van der Waals surface area contributed by atoms with E-state index in [1.165, 1.54) is 12.3 Å². The van der Waals surface area contributed by atoms with Gasteiger partial charge >= 0.3 is 6.18 Å². The number of hydrogen-bond donors (Lipinski definition) is 2. The lowest BCUT2D eigenvalue weighted by Crippen LogP contribution is -2.13. The molecule has 0 saturated heterocycles. The molecule has 2 aromatic heterocycles. The highest BCUT2D eigenvalue weighted by Crippen LogP contribution is 2.31. The molecule has 0 bridgehead atoms. The van der Waals surface area contributed by atoms with Gasteiger partial charge in [0.05, 0.1) is 0 Å². The fourth-order valence-electron chi connectivity index (χ4n) is 1.28. The van der Waals surface area contributed by atoms with Gasteiger partial charge in [-0.05, 0) is 18.7 Å². The van der Waals surface area contributed by atoms with Crippen LogP contribution in [0.2, 0.25) is 0 Å². The molecule has 5 nitrogen and oxygen atoms in total. The van der Waals surface area contributed by atoms with Crippen molar-refractivity contribution in [3.05, 3.63) is 24.3 Å². The first kappa shape index (κ1) is 13.7. The highest BCUT2D eigenvalue weighted by Gasteiger charge is 2.35. The van der Waals surface area contributed by atoms with Gasteiger partial charge in [0, 0.05) is 25.0 Å². The molecule has 2 aromatic rings. The van der Waals surface area contributed by atoms with E-state index in [0.29, 0.717) is 11.7 Å². The Kier molecular flexibility index (Phi) is 3.93. The number of halogens is 3. The largest absolute Gasteiger partial charge is 0.451 e. The second-order valence-electron chi connectivity index (χ2n) is 3.44. The smallest absolute Gasteiger partial charge is 0.370 e. The highest BCUT2D eigenvalue weighted by molar-refractivity contribution is 7.99. The van der Waals surface area contributed by atoms with Crippen molar-refractivity contribution in [3.63, 3.8) is 0 Å². The Labute approximate surface area is 111 Å². The van der Waals surface area contributed by atoms with Gasteiger partial charge in [-0.15, -0.1) is 0 Å². The molecule has 0 aliphatic carbocycles. The van der Waals surface area contributed by atoms with E-state index in [1.54, 1.807) is 13.1 Å². The maximum Gasteiger partial charge on any atom is 0.451 e. The van der Waals surface area contributed by atoms with Crippen LogP contribution >= 0.6 is 11.8 Å². The lowest BCUT2D eigenvalue weighted by Gasteiger charge is -2.09. The minimum absolute atomic E-state index is 0.138. The quantitative estimate of drug-likeness (QED) is 0.847. The summed E-state index contributed by atoms with van der Waals surface area (Å²) in [5.74, 6) is -1.03. The summed E-state index contributed by atoms with van der Waals surface area (Å²) >= 11 is 1.01. The van der Waals surface area contributed by atoms with Crippen molar-refractivity contribution < 1.29 is 13.2 Å². The van der Waals surface area contributed by atoms with E-state index in [2.05, 4.69) is 25.3 Å². The fourth-order valence-corrected chi connectivity index (χ4v) is 2.02. The van der Waals surface area contributed by atoms with Gasteiger partial charge in [0.15, 0.2) is 5.16 Å². The van der Waals surface area contributed by atoms with Crippen molar-refractivity contribution in [1.29, 1.82) is 0 Å². The van der Waals surface area contributed by atoms with Gasteiger partial charge < -0.3 is 10.3 Å². The van der Waals surface area contributed by atoms with Crippen molar-refractivity contribution in [2.45, 2.75) is 23.3 Å². The van der Waals surface area contributed by atoms with Crippen LogP contribution in [-0.2, 0) is 6.18 Å². The lowest BCUT2D eigenvalue weighted by molar-refractivity contribution is -0.145. The number of hydrogen-bond acceptors (Lipinski definition) is 5. The number of H-pyrrole nitrogens is 1. The van der Waals surface area contributed by atoms with Crippen LogP contribution in [-0.4, -0.2) is 26.5 Å². The molecule has 2 N–H and O–H groups in total. The predicted octanol–water partition coefficient (Wildman–Crippen LogP) is 2.80. The highest BCUT2D eigenvalue weighted by atomic mass is 32.2. The fraction of sp³-hybridized carbons (Fsp3) is 0.300. The summed E-state index contributed by atoms with van der Waals surface area (Å²) in [7, 11) is 0. The first-order valence-electron chi connectivity index (χ1n) is 5.36. The van der Waals surface area contributed by atoms with E-state index in [1.807, 2.05) is 0 Å². The maximum atomic E-state index is 12.7. The van der Waals surface area contributed by atoms with Gasteiger partial charge in [-0.2, -0.15) is 13.2 Å². The van der Waals surface area contributed by atoms with E-state index in [9.17, 15) is 13.2 Å². The Morgan fingerprint density at radius 2 is 2.16 bits per heavy atom. The molecule has 102 valence electrons. The molecule has 2 rings (SSSR count). The van der Waals surface area contributed by atoms with Crippen LogP contribution in [0.15, 0.2) is 28.6 Å². The Balaban J connectivity index is 2.34. The molecule has 0 saturated carbocycles. The second-order valence-corrected chi connectivity index (χ2v) is 4.45. The minimum atomic E-state index is -4.58. The molecule has 0 unspecified atom stereocenters. The summed E-state index contributed by atoms with van der Waals surface area (Å²) in [6.45, 7) is 2.24. The van der Waals surface area contributed by atoms with Crippen molar-refractivity contribution in [3.8, 4) is 0 Å². The first-order valence-corrected chi connectivity index (χ1v) is 6.18. The summed E-state index contributed by atoms with van der Waals surface area (Å²) in [4.78, 5) is 13.6. The average Bonchev–Trinajstić information content (AvgIpc) is 2.81. The first-order chi connectivity index (χ1) is 8.99. The zero-order valence-corrected chi connectivity index (χ0v) is 10.6. The minimum Gasteiger partial charge on any atom is -0.370 e. The lowest BCUT2D eigenvalue weighted by atomic mass is 10.5. The molecular weight excluding hydrogens is 279 g/mol. The molecule has 0 radical (unpaired) electrons. The van der Waals surface area contributed by atoms with Gasteiger partial charge in [0.1, 0.15) is 10.8 Å². The molecule has 9 heteroatoms. The molecule has 0 aliphatic rings. The molecular formula is C10H10F3N5S. The van der Waals surface area contributed by atoms with Gasteiger partial charge in [0.2, 0.25) is 5.82 Å². The van der Waals surface area contributed by atoms with Gasteiger partial charge in [0.25, 0.3) is 0 Å². The standard InChI is InChI=1S/C10H10F3N5S/c1-2-14-6-5-7(19-9-15-3-4-16-9)18-8(17-6)10(11,12)13/h3-5H,2H2,1H3,(H,15,16)(H,14,17,18). The molecule has 0 amide bonds. The van der Waals surface area contributed by atoms with Crippen LogP contribution in [0.1, 0.15) is 12.7 Å². The van der Waals surface area contributed by atoms with Crippen LogP contribution in [0.25, 0.3) is 0 Å². The van der Waals surface area contributed by atoms with Crippen LogP contribution in [0.5, 0.6) is 0 Å². The summed E-state index contributed by atoms with van der Waals surface area (Å²) < 4.78 is 38.0. The summed E-state index contributed by atoms with van der Waals surface area (Å²) in [5.41, 5.74) is 0. The van der Waals surface area contributed by atoms with Crippen LogP contribution in [0.4, 0.5) is 19.0 Å². The third kappa shape index (κ3) is 3.60. The number of aromatic nitrogens is 4. The Bertz CT molecular complexity index is 541. The molecule has 0 aliphatic heterocycles. The predicted molar refractivity (Wildman–Crippen MR) is 63.9 cm³/mol. The molecule has 19 heavy (non-hydrogen) atoms. The molecule has 2 heterocycles. The average molecular weight is 289 g/mol.